The third kappa shape index (κ3) is 4.01. The number of halogens is 1. The minimum absolute atomic E-state index is 0.0155. The summed E-state index contributed by atoms with van der Waals surface area (Å²) in [5.41, 5.74) is 0.665. The first-order valence-electron chi connectivity index (χ1n) is 7.86. The van der Waals surface area contributed by atoms with Gasteiger partial charge in [0.1, 0.15) is 6.54 Å². The van der Waals surface area contributed by atoms with E-state index in [0.717, 1.165) is 25.8 Å². The van der Waals surface area contributed by atoms with Gasteiger partial charge in [0.05, 0.1) is 0 Å². The van der Waals surface area contributed by atoms with Crippen molar-refractivity contribution in [2.24, 2.45) is 0 Å². The van der Waals surface area contributed by atoms with Crippen molar-refractivity contribution in [3.63, 3.8) is 0 Å². The van der Waals surface area contributed by atoms with Crippen LogP contribution in [0.2, 0.25) is 5.02 Å². The molecule has 1 fully saturated rings. The molecule has 0 radical (unpaired) electrons. The summed E-state index contributed by atoms with van der Waals surface area (Å²) in [6.07, 6.45) is 4.23. The Hall–Kier alpha value is -1.55. The van der Waals surface area contributed by atoms with E-state index in [1.807, 2.05) is 4.90 Å². The van der Waals surface area contributed by atoms with Crippen LogP contribution in [0.1, 0.15) is 39.5 Å². The molecular weight excluding hydrogens is 300 g/mol. The van der Waals surface area contributed by atoms with Gasteiger partial charge in [-0.2, -0.15) is 0 Å². The van der Waals surface area contributed by atoms with E-state index >= 15 is 0 Å². The van der Waals surface area contributed by atoms with Crippen molar-refractivity contribution in [1.29, 1.82) is 0 Å². The van der Waals surface area contributed by atoms with Crippen molar-refractivity contribution >= 4 is 29.1 Å². The molecule has 4 nitrogen and oxygen atoms in total. The maximum Gasteiger partial charge on any atom is 0.242 e. The Morgan fingerprint density at radius 2 is 2.14 bits per heavy atom. The number of piperidine rings is 1. The van der Waals surface area contributed by atoms with E-state index in [4.69, 9.17) is 11.6 Å². The van der Waals surface area contributed by atoms with Gasteiger partial charge in [0, 0.05) is 30.2 Å². The SMILES string of the molecule is CCC1CCCCN1C(=O)CN(C(C)=O)c1cccc(Cl)c1. The highest BCUT2D eigenvalue weighted by Crippen LogP contribution is 2.22. The van der Waals surface area contributed by atoms with Gasteiger partial charge >= 0.3 is 0 Å². The molecule has 0 saturated carbocycles. The van der Waals surface area contributed by atoms with E-state index in [1.54, 1.807) is 24.3 Å². The summed E-state index contributed by atoms with van der Waals surface area (Å²) in [5, 5.41) is 0.556. The third-order valence-corrected chi connectivity index (χ3v) is 4.45. The van der Waals surface area contributed by atoms with E-state index in [2.05, 4.69) is 6.92 Å². The lowest BCUT2D eigenvalue weighted by Gasteiger charge is -2.36. The van der Waals surface area contributed by atoms with Gasteiger partial charge in [-0.1, -0.05) is 24.6 Å². The number of hydrogen-bond donors (Lipinski definition) is 0. The lowest BCUT2D eigenvalue weighted by Crippen LogP contribution is -2.48. The van der Waals surface area contributed by atoms with Gasteiger partial charge in [0.25, 0.3) is 0 Å². The number of anilines is 1. The van der Waals surface area contributed by atoms with Gasteiger partial charge < -0.3 is 9.80 Å². The first-order chi connectivity index (χ1) is 10.5. The molecule has 1 heterocycles. The van der Waals surface area contributed by atoms with Crippen molar-refractivity contribution in [3.05, 3.63) is 29.3 Å². The zero-order chi connectivity index (χ0) is 16.1. The smallest absolute Gasteiger partial charge is 0.242 e. The van der Waals surface area contributed by atoms with Crippen LogP contribution in [0.15, 0.2) is 24.3 Å². The zero-order valence-electron chi connectivity index (χ0n) is 13.2. The standard InChI is InChI=1S/C17H23ClN2O2/c1-3-15-8-4-5-10-19(15)17(22)12-20(13(2)21)16-9-6-7-14(18)11-16/h6-7,9,11,15H,3-5,8,10,12H2,1-2H3. The number of benzene rings is 1. The Labute approximate surface area is 137 Å². The van der Waals surface area contributed by atoms with Crippen LogP contribution in [-0.2, 0) is 9.59 Å². The second-order valence-electron chi connectivity index (χ2n) is 5.73. The lowest BCUT2D eigenvalue weighted by atomic mass is 10.00. The molecule has 1 saturated heterocycles. The van der Waals surface area contributed by atoms with Crippen molar-refractivity contribution in [2.75, 3.05) is 18.0 Å². The van der Waals surface area contributed by atoms with E-state index in [0.29, 0.717) is 16.8 Å². The van der Waals surface area contributed by atoms with Gasteiger partial charge in [0.2, 0.25) is 11.8 Å². The van der Waals surface area contributed by atoms with Gasteiger partial charge in [-0.15, -0.1) is 0 Å². The highest BCUT2D eigenvalue weighted by atomic mass is 35.5. The van der Waals surface area contributed by atoms with E-state index < -0.39 is 0 Å². The Bertz CT molecular complexity index is 547. The highest BCUT2D eigenvalue weighted by Gasteiger charge is 2.27. The fourth-order valence-electron chi connectivity index (χ4n) is 3.01. The molecule has 0 N–H and O–H groups in total. The largest absolute Gasteiger partial charge is 0.338 e. The summed E-state index contributed by atoms with van der Waals surface area (Å²) in [6, 6.07) is 7.35. The number of amides is 2. The van der Waals surface area contributed by atoms with Crippen LogP contribution in [0.4, 0.5) is 5.69 Å². The average molecular weight is 323 g/mol. The molecule has 1 aliphatic heterocycles. The molecule has 5 heteroatoms. The van der Waals surface area contributed by atoms with Crippen LogP contribution in [0.25, 0.3) is 0 Å². The summed E-state index contributed by atoms with van der Waals surface area (Å²) in [6.45, 7) is 4.45. The first kappa shape index (κ1) is 16.8. The molecule has 0 aromatic heterocycles. The maximum absolute atomic E-state index is 12.6. The third-order valence-electron chi connectivity index (χ3n) is 4.21. The fraction of sp³-hybridized carbons (Fsp3) is 0.529. The van der Waals surface area contributed by atoms with Crippen LogP contribution >= 0.6 is 11.6 Å². The summed E-state index contributed by atoms with van der Waals surface area (Å²) in [7, 11) is 0. The number of carbonyl (C=O) groups is 2. The molecule has 1 unspecified atom stereocenters. The van der Waals surface area contributed by atoms with Crippen molar-refractivity contribution < 1.29 is 9.59 Å². The molecule has 0 aliphatic carbocycles. The molecule has 2 rings (SSSR count). The Balaban J connectivity index is 2.13. The molecule has 1 aliphatic rings. The van der Waals surface area contributed by atoms with Gasteiger partial charge in [0.15, 0.2) is 0 Å². The quantitative estimate of drug-likeness (QED) is 0.851. The minimum Gasteiger partial charge on any atom is -0.338 e. The van der Waals surface area contributed by atoms with Crippen LogP contribution in [-0.4, -0.2) is 35.8 Å². The summed E-state index contributed by atoms with van der Waals surface area (Å²) in [4.78, 5) is 28.0. The number of carbonyl (C=O) groups excluding carboxylic acids is 2. The molecule has 1 aromatic rings. The van der Waals surface area contributed by atoms with Crippen LogP contribution in [0, 0.1) is 0 Å². The molecule has 1 atom stereocenters. The van der Waals surface area contributed by atoms with Crippen molar-refractivity contribution in [3.8, 4) is 0 Å². The molecule has 1 aromatic carbocycles. The van der Waals surface area contributed by atoms with Gasteiger partial charge in [-0.05, 0) is 43.9 Å². The molecular formula is C17H23ClN2O2. The molecule has 120 valence electrons. The molecule has 0 spiro atoms. The van der Waals surface area contributed by atoms with Gasteiger partial charge in [-0.25, -0.2) is 0 Å². The van der Waals surface area contributed by atoms with Crippen molar-refractivity contribution in [2.45, 2.75) is 45.6 Å². The molecule has 22 heavy (non-hydrogen) atoms. The van der Waals surface area contributed by atoms with E-state index in [1.165, 1.54) is 18.2 Å². The Kier molecular flexibility index (Phi) is 5.83. The van der Waals surface area contributed by atoms with Crippen LogP contribution in [0.3, 0.4) is 0 Å². The summed E-state index contributed by atoms with van der Waals surface area (Å²) < 4.78 is 0. The number of nitrogens with zero attached hydrogens (tertiary/aromatic N) is 2. The lowest BCUT2D eigenvalue weighted by molar-refractivity contribution is -0.134. The van der Waals surface area contributed by atoms with Crippen LogP contribution in [0.5, 0.6) is 0 Å². The Morgan fingerprint density at radius 3 is 2.77 bits per heavy atom. The minimum atomic E-state index is -0.152. The fourth-order valence-corrected chi connectivity index (χ4v) is 3.19. The van der Waals surface area contributed by atoms with Crippen molar-refractivity contribution in [1.82, 2.24) is 4.90 Å². The monoisotopic (exact) mass is 322 g/mol. The Morgan fingerprint density at radius 1 is 1.36 bits per heavy atom. The average Bonchev–Trinajstić information content (AvgIpc) is 2.52. The summed E-state index contributed by atoms with van der Waals surface area (Å²) in [5.74, 6) is -0.137. The maximum atomic E-state index is 12.6. The first-order valence-corrected chi connectivity index (χ1v) is 8.24. The normalized spacial score (nSPS) is 18.1. The molecule has 0 bridgehead atoms. The number of hydrogen-bond acceptors (Lipinski definition) is 2. The van der Waals surface area contributed by atoms with E-state index in [9.17, 15) is 9.59 Å². The molecule has 2 amide bonds. The predicted molar refractivity (Wildman–Crippen MR) is 89.1 cm³/mol. The van der Waals surface area contributed by atoms with Gasteiger partial charge in [-0.3, -0.25) is 9.59 Å². The predicted octanol–water partition coefficient (Wildman–Crippen LogP) is 3.48. The van der Waals surface area contributed by atoms with Crippen LogP contribution < -0.4 is 4.90 Å². The zero-order valence-corrected chi connectivity index (χ0v) is 14.0. The second kappa shape index (κ2) is 7.63. The topological polar surface area (TPSA) is 40.6 Å². The second-order valence-corrected chi connectivity index (χ2v) is 6.17. The number of rotatable bonds is 4. The summed E-state index contributed by atoms with van der Waals surface area (Å²) >= 11 is 5.99. The highest BCUT2D eigenvalue weighted by molar-refractivity contribution is 6.30. The van der Waals surface area contributed by atoms with E-state index in [-0.39, 0.29) is 18.4 Å². The number of likely N-dealkylation sites (tertiary alicyclic amines) is 1.